The van der Waals surface area contributed by atoms with E-state index in [4.69, 9.17) is 16.0 Å². The molecule has 0 spiro atoms. The predicted molar refractivity (Wildman–Crippen MR) is 126 cm³/mol. The lowest BCUT2D eigenvalue weighted by Crippen LogP contribution is -2.22. The number of furan rings is 1. The maximum absolute atomic E-state index is 12.9. The van der Waals surface area contributed by atoms with Crippen LogP contribution in [0.1, 0.15) is 61.8 Å². The Bertz CT molecular complexity index is 1230. The van der Waals surface area contributed by atoms with Crippen molar-refractivity contribution in [2.24, 2.45) is 5.10 Å². The molecule has 2 aromatic carbocycles. The molecule has 6 nitrogen and oxygen atoms in total. The highest BCUT2D eigenvalue weighted by Gasteiger charge is 2.28. The maximum Gasteiger partial charge on any atom is 0.291 e. The average molecular weight is 450 g/mol. The first kappa shape index (κ1) is 21.8. The van der Waals surface area contributed by atoms with Crippen LogP contribution in [0.4, 0.5) is 5.69 Å². The van der Waals surface area contributed by atoms with Gasteiger partial charge < -0.3 is 9.73 Å². The van der Waals surface area contributed by atoms with Gasteiger partial charge in [-0.1, -0.05) is 29.3 Å². The Hall–Kier alpha value is -3.38. The number of halogens is 1. The van der Waals surface area contributed by atoms with Gasteiger partial charge in [0.25, 0.3) is 11.8 Å². The van der Waals surface area contributed by atoms with Gasteiger partial charge in [-0.2, -0.15) is 5.10 Å². The maximum atomic E-state index is 12.9. The Labute approximate surface area is 191 Å². The van der Waals surface area contributed by atoms with E-state index in [0.717, 1.165) is 34.6 Å². The lowest BCUT2D eigenvalue weighted by molar-refractivity contribution is 0.0953. The second-order valence-corrected chi connectivity index (χ2v) is 8.42. The van der Waals surface area contributed by atoms with E-state index in [-0.39, 0.29) is 17.6 Å². The largest absolute Gasteiger partial charge is 0.455 e. The monoisotopic (exact) mass is 449 g/mol. The summed E-state index contributed by atoms with van der Waals surface area (Å²) in [6, 6.07) is 12.6. The van der Waals surface area contributed by atoms with Gasteiger partial charge >= 0.3 is 0 Å². The van der Waals surface area contributed by atoms with Crippen LogP contribution in [0.15, 0.2) is 52.0 Å². The summed E-state index contributed by atoms with van der Waals surface area (Å²) < 4.78 is 5.94. The van der Waals surface area contributed by atoms with Crippen molar-refractivity contribution in [3.63, 3.8) is 0 Å². The van der Waals surface area contributed by atoms with Gasteiger partial charge in [-0.3, -0.25) is 9.59 Å². The first-order valence-electron chi connectivity index (χ1n) is 10.5. The molecule has 0 unspecified atom stereocenters. The fourth-order valence-corrected chi connectivity index (χ4v) is 4.06. The number of benzene rings is 2. The predicted octanol–water partition coefficient (Wildman–Crippen LogP) is 5.58. The number of rotatable bonds is 4. The fraction of sp³-hybridized carbons (Fsp3) is 0.240. The molecule has 1 aromatic heterocycles. The summed E-state index contributed by atoms with van der Waals surface area (Å²) in [4.78, 5) is 25.4. The Morgan fingerprint density at radius 2 is 1.75 bits per heavy atom. The van der Waals surface area contributed by atoms with E-state index in [1.807, 2.05) is 32.9 Å². The second kappa shape index (κ2) is 9.01. The molecule has 0 bridgehead atoms. The van der Waals surface area contributed by atoms with Crippen LogP contribution in [0.25, 0.3) is 0 Å². The van der Waals surface area contributed by atoms with Crippen LogP contribution in [0, 0.1) is 20.8 Å². The number of hydrogen-bond acceptors (Lipinski definition) is 4. The quantitative estimate of drug-likeness (QED) is 0.510. The van der Waals surface area contributed by atoms with Crippen LogP contribution in [0.2, 0.25) is 5.02 Å². The number of amides is 2. The number of carbonyl (C=O) groups is 2. The minimum Gasteiger partial charge on any atom is -0.455 e. The van der Waals surface area contributed by atoms with Crippen molar-refractivity contribution in [3.8, 4) is 0 Å². The van der Waals surface area contributed by atoms with Gasteiger partial charge in [-0.25, -0.2) is 5.43 Å². The molecule has 2 N–H and O–H groups in total. The zero-order chi connectivity index (χ0) is 22.8. The third kappa shape index (κ3) is 4.46. The van der Waals surface area contributed by atoms with Crippen molar-refractivity contribution in [2.75, 3.05) is 5.32 Å². The number of fused-ring (bicyclic) bond motifs is 1. The average Bonchev–Trinajstić information content (AvgIpc) is 3.12. The Morgan fingerprint density at radius 3 is 2.47 bits per heavy atom. The molecule has 0 atom stereocenters. The summed E-state index contributed by atoms with van der Waals surface area (Å²) >= 11 is 6.00. The first-order chi connectivity index (χ1) is 15.3. The van der Waals surface area contributed by atoms with Gasteiger partial charge in [0.05, 0.1) is 5.71 Å². The molecular weight excluding hydrogens is 426 g/mol. The van der Waals surface area contributed by atoms with Crippen LogP contribution in [0.3, 0.4) is 0 Å². The van der Waals surface area contributed by atoms with E-state index in [1.165, 1.54) is 0 Å². The van der Waals surface area contributed by atoms with E-state index in [1.54, 1.807) is 30.3 Å². The normalized spacial score (nSPS) is 14.2. The van der Waals surface area contributed by atoms with Crippen LogP contribution in [-0.2, 0) is 6.42 Å². The highest BCUT2D eigenvalue weighted by molar-refractivity contribution is 6.30. The van der Waals surface area contributed by atoms with Crippen molar-refractivity contribution >= 4 is 34.8 Å². The molecule has 0 aliphatic heterocycles. The topological polar surface area (TPSA) is 83.7 Å². The molecule has 2 amide bonds. The van der Waals surface area contributed by atoms with E-state index in [2.05, 4.69) is 15.8 Å². The van der Waals surface area contributed by atoms with E-state index in [0.29, 0.717) is 34.7 Å². The van der Waals surface area contributed by atoms with E-state index < -0.39 is 0 Å². The Balaban J connectivity index is 1.57. The number of anilines is 1. The fourth-order valence-electron chi connectivity index (χ4n) is 3.83. The number of aryl methyl sites for hydroxylation is 3. The van der Waals surface area contributed by atoms with E-state index >= 15 is 0 Å². The summed E-state index contributed by atoms with van der Waals surface area (Å²) in [6.07, 6.45) is 2.24. The lowest BCUT2D eigenvalue weighted by Gasteiger charge is -2.13. The molecule has 32 heavy (non-hydrogen) atoms. The molecule has 1 aliphatic rings. The van der Waals surface area contributed by atoms with Gasteiger partial charge in [0, 0.05) is 33.8 Å². The number of carbonyl (C=O) groups excluding carboxylic acids is 2. The molecule has 0 saturated heterocycles. The van der Waals surface area contributed by atoms with Crippen molar-refractivity contribution in [1.29, 1.82) is 0 Å². The van der Waals surface area contributed by atoms with Crippen molar-refractivity contribution in [1.82, 2.24) is 5.43 Å². The van der Waals surface area contributed by atoms with Crippen molar-refractivity contribution < 1.29 is 14.0 Å². The number of hydrogen-bond donors (Lipinski definition) is 2. The SMILES string of the molecule is Cc1ccc(C(=O)N/N=C2\CCCc3oc(C(=O)Nc4ccc(Cl)cc4C)c(C)c32)cc1. The second-order valence-electron chi connectivity index (χ2n) is 7.99. The number of hydrazone groups is 1. The summed E-state index contributed by atoms with van der Waals surface area (Å²) in [5.41, 5.74) is 8.04. The molecule has 1 aliphatic carbocycles. The molecule has 0 fully saturated rings. The zero-order valence-electron chi connectivity index (χ0n) is 18.2. The van der Waals surface area contributed by atoms with Gasteiger partial charge in [-0.05, 0) is 69.5 Å². The van der Waals surface area contributed by atoms with Gasteiger partial charge in [-0.15, -0.1) is 0 Å². The number of nitrogens with zero attached hydrogens (tertiary/aromatic N) is 1. The van der Waals surface area contributed by atoms with Crippen LogP contribution >= 0.6 is 11.6 Å². The first-order valence-corrected chi connectivity index (χ1v) is 10.8. The zero-order valence-corrected chi connectivity index (χ0v) is 19.0. The highest BCUT2D eigenvalue weighted by atomic mass is 35.5. The molecule has 0 radical (unpaired) electrons. The summed E-state index contributed by atoms with van der Waals surface area (Å²) in [7, 11) is 0. The molecule has 0 saturated carbocycles. The van der Waals surface area contributed by atoms with Crippen LogP contribution < -0.4 is 10.7 Å². The molecule has 164 valence electrons. The molecule has 3 aromatic rings. The third-order valence-corrected chi connectivity index (χ3v) is 5.81. The smallest absolute Gasteiger partial charge is 0.291 e. The number of nitrogens with one attached hydrogen (secondary N) is 2. The summed E-state index contributed by atoms with van der Waals surface area (Å²) in [5, 5.41) is 7.88. The van der Waals surface area contributed by atoms with Gasteiger partial charge in [0.1, 0.15) is 5.76 Å². The molecular formula is C25H24ClN3O3. The van der Waals surface area contributed by atoms with Crippen molar-refractivity contribution in [2.45, 2.75) is 40.0 Å². The summed E-state index contributed by atoms with van der Waals surface area (Å²) in [6.45, 7) is 5.69. The highest BCUT2D eigenvalue weighted by Crippen LogP contribution is 2.31. The van der Waals surface area contributed by atoms with Crippen LogP contribution in [0.5, 0.6) is 0 Å². The molecule has 4 rings (SSSR count). The minimum absolute atomic E-state index is 0.254. The lowest BCUT2D eigenvalue weighted by atomic mass is 9.93. The third-order valence-electron chi connectivity index (χ3n) is 5.57. The standard InChI is InChI=1S/C25H24ClN3O3/c1-14-7-9-17(10-8-14)24(30)29-28-20-5-4-6-21-22(20)16(3)23(32-21)25(31)27-19-12-11-18(26)13-15(19)2/h7-13H,4-6H2,1-3H3,(H,27,31)(H,29,30)/b28-20+. The van der Waals surface area contributed by atoms with Gasteiger partial charge in [0.15, 0.2) is 5.76 Å². The van der Waals surface area contributed by atoms with Crippen molar-refractivity contribution in [3.05, 3.63) is 86.8 Å². The Kier molecular flexibility index (Phi) is 6.15. The van der Waals surface area contributed by atoms with E-state index in [9.17, 15) is 9.59 Å². The minimum atomic E-state index is -0.328. The van der Waals surface area contributed by atoms with Gasteiger partial charge in [0.2, 0.25) is 0 Å². The van der Waals surface area contributed by atoms with Crippen LogP contribution in [-0.4, -0.2) is 17.5 Å². The Morgan fingerprint density at radius 1 is 1.00 bits per heavy atom. The molecule has 1 heterocycles. The molecule has 7 heteroatoms. The summed E-state index contributed by atoms with van der Waals surface area (Å²) in [5.74, 6) is 0.367.